The summed E-state index contributed by atoms with van der Waals surface area (Å²) in [5, 5.41) is 2.94. The molecule has 0 heterocycles. The summed E-state index contributed by atoms with van der Waals surface area (Å²) < 4.78 is 26.8. The van der Waals surface area contributed by atoms with E-state index in [1.807, 2.05) is 71.0 Å². The van der Waals surface area contributed by atoms with Crippen LogP contribution in [0.15, 0.2) is 48.5 Å². The topological polar surface area (TPSA) is 86.8 Å². The average molecular weight is 502 g/mol. The van der Waals surface area contributed by atoms with Crippen molar-refractivity contribution < 1.29 is 18.0 Å². The minimum absolute atomic E-state index is 0.0363. The molecule has 2 rings (SSSR count). The molecule has 0 aliphatic carbocycles. The third-order valence-corrected chi connectivity index (χ3v) is 7.40. The Hall–Kier alpha value is -2.87. The molecule has 0 aliphatic heterocycles. The number of nitrogens with zero attached hydrogens (tertiary/aromatic N) is 2. The van der Waals surface area contributed by atoms with Crippen LogP contribution >= 0.6 is 0 Å². The van der Waals surface area contributed by atoms with Gasteiger partial charge in [-0.05, 0) is 55.9 Å². The number of carbonyl (C=O) groups excluding carboxylic acids is 2. The van der Waals surface area contributed by atoms with E-state index in [1.54, 1.807) is 19.1 Å². The smallest absolute Gasteiger partial charge is 0.244 e. The summed E-state index contributed by atoms with van der Waals surface area (Å²) in [6.07, 6.45) is 1.86. The van der Waals surface area contributed by atoms with Gasteiger partial charge in [-0.25, -0.2) is 8.42 Å². The van der Waals surface area contributed by atoms with Crippen LogP contribution in [0.25, 0.3) is 0 Å². The predicted octanol–water partition coefficient (Wildman–Crippen LogP) is 4.22. The standard InChI is InChI=1S/C27H39N3O4S/c1-8-21(5)28-27(32)22(6)29(17-23-14-10-9-13-20(23)4)26(31)18-30(35(7,33)34)25-16-12-11-15-24(25)19(2)3/h9-16,19,21-22H,8,17-18H2,1-7H3,(H,28,32)/t21-,22+/m0/s1. The summed E-state index contributed by atoms with van der Waals surface area (Å²) in [6, 6.07) is 14.0. The Balaban J connectivity index is 2.47. The molecule has 0 saturated carbocycles. The molecular weight excluding hydrogens is 462 g/mol. The van der Waals surface area contributed by atoms with Crippen molar-refractivity contribution in [2.24, 2.45) is 0 Å². The normalized spacial score (nSPS) is 13.3. The number of anilines is 1. The molecule has 0 radical (unpaired) electrons. The number of hydrogen-bond donors (Lipinski definition) is 1. The maximum absolute atomic E-state index is 13.7. The SMILES string of the molecule is CC[C@H](C)NC(=O)[C@@H](C)N(Cc1ccccc1C)C(=O)CN(c1ccccc1C(C)C)S(C)(=O)=O. The van der Waals surface area contributed by atoms with Crippen LogP contribution in [0.1, 0.15) is 63.6 Å². The van der Waals surface area contributed by atoms with Crippen LogP contribution in [0, 0.1) is 6.92 Å². The number of carbonyl (C=O) groups is 2. The molecule has 0 aromatic heterocycles. The zero-order chi connectivity index (χ0) is 26.3. The summed E-state index contributed by atoms with van der Waals surface area (Å²) in [6.45, 7) is 11.3. The first kappa shape index (κ1) is 28.4. The van der Waals surface area contributed by atoms with Crippen LogP contribution < -0.4 is 9.62 Å². The zero-order valence-corrected chi connectivity index (χ0v) is 22.7. The molecule has 0 spiro atoms. The van der Waals surface area contributed by atoms with Gasteiger partial charge in [0.1, 0.15) is 12.6 Å². The average Bonchev–Trinajstić information content (AvgIpc) is 2.80. The maximum atomic E-state index is 13.7. The molecule has 1 N–H and O–H groups in total. The van der Waals surface area contributed by atoms with Crippen LogP contribution in [0.4, 0.5) is 5.69 Å². The summed E-state index contributed by atoms with van der Waals surface area (Å²) >= 11 is 0. The number of sulfonamides is 1. The molecule has 35 heavy (non-hydrogen) atoms. The lowest BCUT2D eigenvalue weighted by atomic mass is 10.0. The van der Waals surface area contributed by atoms with E-state index < -0.39 is 28.5 Å². The van der Waals surface area contributed by atoms with Crippen LogP contribution in [0.3, 0.4) is 0 Å². The minimum Gasteiger partial charge on any atom is -0.352 e. The van der Waals surface area contributed by atoms with Crippen molar-refractivity contribution in [2.45, 2.75) is 72.5 Å². The third-order valence-electron chi connectivity index (χ3n) is 6.28. The van der Waals surface area contributed by atoms with Gasteiger partial charge in [0.2, 0.25) is 21.8 Å². The van der Waals surface area contributed by atoms with E-state index in [9.17, 15) is 18.0 Å². The van der Waals surface area contributed by atoms with Gasteiger partial charge < -0.3 is 10.2 Å². The Bertz CT molecular complexity index is 1130. The van der Waals surface area contributed by atoms with Gasteiger partial charge in [0.05, 0.1) is 11.9 Å². The van der Waals surface area contributed by atoms with E-state index in [0.29, 0.717) is 5.69 Å². The number of aryl methyl sites for hydroxylation is 1. The number of hydrogen-bond acceptors (Lipinski definition) is 4. The van der Waals surface area contributed by atoms with E-state index in [0.717, 1.165) is 33.7 Å². The summed E-state index contributed by atoms with van der Waals surface area (Å²) in [4.78, 5) is 28.2. The molecule has 192 valence electrons. The van der Waals surface area contributed by atoms with Crippen molar-refractivity contribution in [1.29, 1.82) is 0 Å². The molecule has 8 heteroatoms. The van der Waals surface area contributed by atoms with Crippen LogP contribution in [0.5, 0.6) is 0 Å². The first-order chi connectivity index (χ1) is 16.4. The number of amides is 2. The van der Waals surface area contributed by atoms with Gasteiger partial charge in [0, 0.05) is 12.6 Å². The molecule has 2 atom stereocenters. The molecule has 0 bridgehead atoms. The van der Waals surface area contributed by atoms with Crippen molar-refractivity contribution in [2.75, 3.05) is 17.1 Å². The molecule has 0 fully saturated rings. The molecule has 2 aromatic carbocycles. The number of rotatable bonds is 11. The number of nitrogens with one attached hydrogen (secondary N) is 1. The first-order valence-corrected chi connectivity index (χ1v) is 13.9. The van der Waals surface area contributed by atoms with Gasteiger partial charge in [-0.1, -0.05) is 63.2 Å². The minimum atomic E-state index is -3.77. The fraction of sp³-hybridized carbons (Fsp3) is 0.481. The van der Waals surface area contributed by atoms with Gasteiger partial charge in [-0.3, -0.25) is 13.9 Å². The van der Waals surface area contributed by atoms with Crippen molar-refractivity contribution in [3.8, 4) is 0 Å². The molecule has 0 unspecified atom stereocenters. The highest BCUT2D eigenvalue weighted by Gasteiger charge is 2.31. The van der Waals surface area contributed by atoms with E-state index in [2.05, 4.69) is 5.32 Å². The summed E-state index contributed by atoms with van der Waals surface area (Å²) in [5.74, 6) is -0.646. The second-order valence-electron chi connectivity index (χ2n) is 9.43. The largest absolute Gasteiger partial charge is 0.352 e. The molecular formula is C27H39N3O4S. The predicted molar refractivity (Wildman–Crippen MR) is 142 cm³/mol. The highest BCUT2D eigenvalue weighted by Crippen LogP contribution is 2.29. The van der Waals surface area contributed by atoms with Crippen molar-refractivity contribution in [3.05, 3.63) is 65.2 Å². The molecule has 2 aromatic rings. The van der Waals surface area contributed by atoms with E-state index in [1.165, 1.54) is 4.90 Å². The Morgan fingerprint density at radius 3 is 2.14 bits per heavy atom. The Labute approximate surface area is 210 Å². The Morgan fingerprint density at radius 2 is 1.57 bits per heavy atom. The second kappa shape index (κ2) is 12.2. The monoisotopic (exact) mass is 501 g/mol. The van der Waals surface area contributed by atoms with Crippen molar-refractivity contribution in [1.82, 2.24) is 10.2 Å². The van der Waals surface area contributed by atoms with E-state index in [4.69, 9.17) is 0 Å². The maximum Gasteiger partial charge on any atom is 0.244 e. The highest BCUT2D eigenvalue weighted by atomic mass is 32.2. The first-order valence-electron chi connectivity index (χ1n) is 12.1. The lowest BCUT2D eigenvalue weighted by Gasteiger charge is -2.33. The van der Waals surface area contributed by atoms with Crippen LogP contribution in [-0.4, -0.2) is 50.0 Å². The number of benzene rings is 2. The van der Waals surface area contributed by atoms with Crippen LogP contribution in [-0.2, 0) is 26.2 Å². The quantitative estimate of drug-likeness (QED) is 0.500. The van der Waals surface area contributed by atoms with Crippen molar-refractivity contribution >= 4 is 27.5 Å². The Morgan fingerprint density at radius 1 is 0.971 bits per heavy atom. The summed E-state index contributed by atoms with van der Waals surface area (Å²) in [5.41, 5.74) is 3.20. The fourth-order valence-electron chi connectivity index (χ4n) is 3.82. The number of para-hydroxylation sites is 1. The van der Waals surface area contributed by atoms with Gasteiger partial charge >= 0.3 is 0 Å². The second-order valence-corrected chi connectivity index (χ2v) is 11.3. The molecule has 7 nitrogen and oxygen atoms in total. The Kier molecular flexibility index (Phi) is 9.89. The van der Waals surface area contributed by atoms with Gasteiger partial charge in [-0.2, -0.15) is 0 Å². The van der Waals surface area contributed by atoms with Crippen LogP contribution in [0.2, 0.25) is 0 Å². The molecule has 2 amide bonds. The third kappa shape index (κ3) is 7.56. The van der Waals surface area contributed by atoms with Crippen molar-refractivity contribution in [3.63, 3.8) is 0 Å². The lowest BCUT2D eigenvalue weighted by molar-refractivity contribution is -0.139. The fourth-order valence-corrected chi connectivity index (χ4v) is 4.69. The van der Waals surface area contributed by atoms with Gasteiger partial charge in [-0.15, -0.1) is 0 Å². The zero-order valence-electron chi connectivity index (χ0n) is 21.9. The lowest BCUT2D eigenvalue weighted by Crippen LogP contribution is -2.52. The highest BCUT2D eigenvalue weighted by molar-refractivity contribution is 7.92. The van der Waals surface area contributed by atoms with E-state index >= 15 is 0 Å². The van der Waals surface area contributed by atoms with Gasteiger partial charge in [0.25, 0.3) is 0 Å². The summed E-state index contributed by atoms with van der Waals surface area (Å²) in [7, 11) is -3.77. The molecule has 0 saturated heterocycles. The van der Waals surface area contributed by atoms with Gasteiger partial charge in [0.15, 0.2) is 0 Å². The van der Waals surface area contributed by atoms with E-state index in [-0.39, 0.29) is 24.4 Å². The molecule has 0 aliphatic rings.